The highest BCUT2D eigenvalue weighted by Gasteiger charge is 2.29. The second kappa shape index (κ2) is 6.99. The molecule has 2 rings (SSSR count). The maximum Gasteiger partial charge on any atom is 0.243 e. The van der Waals surface area contributed by atoms with Gasteiger partial charge in [0.1, 0.15) is 5.75 Å². The van der Waals surface area contributed by atoms with Crippen molar-refractivity contribution >= 4 is 21.6 Å². The lowest BCUT2D eigenvalue weighted by atomic mass is 10.0. The van der Waals surface area contributed by atoms with Crippen molar-refractivity contribution in [1.82, 2.24) is 4.31 Å². The highest BCUT2D eigenvalue weighted by Crippen LogP contribution is 2.28. The molecule has 6 heteroatoms. The molecular formula is C15H22ClNO3S. The van der Waals surface area contributed by atoms with Crippen LogP contribution >= 0.6 is 11.6 Å². The minimum atomic E-state index is -3.44. The fourth-order valence-corrected chi connectivity index (χ4v) is 4.49. The SMILES string of the molecule is CCOc1ccc(S(=O)(=O)N2CCCC(C)C2)cc1CCl. The molecule has 0 radical (unpaired) electrons. The van der Waals surface area contributed by atoms with Crippen LogP contribution in [0.3, 0.4) is 0 Å². The maximum atomic E-state index is 12.7. The number of hydrogen-bond donors (Lipinski definition) is 0. The predicted octanol–water partition coefficient (Wildman–Crippen LogP) is 3.24. The summed E-state index contributed by atoms with van der Waals surface area (Å²) in [5.41, 5.74) is 0.713. The summed E-state index contributed by atoms with van der Waals surface area (Å²) in [5.74, 6) is 1.29. The van der Waals surface area contributed by atoms with Crippen molar-refractivity contribution in [2.75, 3.05) is 19.7 Å². The zero-order valence-corrected chi connectivity index (χ0v) is 14.1. The minimum absolute atomic E-state index is 0.231. The quantitative estimate of drug-likeness (QED) is 0.778. The van der Waals surface area contributed by atoms with Crippen molar-refractivity contribution in [2.24, 2.45) is 5.92 Å². The maximum absolute atomic E-state index is 12.7. The van der Waals surface area contributed by atoms with Gasteiger partial charge in [-0.15, -0.1) is 11.6 Å². The van der Waals surface area contributed by atoms with Gasteiger partial charge in [-0.25, -0.2) is 8.42 Å². The molecule has 0 aliphatic carbocycles. The lowest BCUT2D eigenvalue weighted by Crippen LogP contribution is -2.39. The van der Waals surface area contributed by atoms with Gasteiger partial charge in [-0.2, -0.15) is 4.31 Å². The number of benzene rings is 1. The average Bonchev–Trinajstić information content (AvgIpc) is 2.47. The fraction of sp³-hybridized carbons (Fsp3) is 0.600. The smallest absolute Gasteiger partial charge is 0.243 e. The van der Waals surface area contributed by atoms with Gasteiger partial charge in [0, 0.05) is 18.7 Å². The van der Waals surface area contributed by atoms with Gasteiger partial charge in [-0.05, 0) is 43.9 Å². The molecule has 118 valence electrons. The number of hydrogen-bond acceptors (Lipinski definition) is 3. The molecule has 1 aromatic rings. The van der Waals surface area contributed by atoms with Crippen LogP contribution in [-0.4, -0.2) is 32.4 Å². The fourth-order valence-electron chi connectivity index (χ4n) is 2.63. The zero-order valence-electron chi connectivity index (χ0n) is 12.5. The molecule has 1 aliphatic heterocycles. The minimum Gasteiger partial charge on any atom is -0.494 e. The third-order valence-corrected chi connectivity index (χ3v) is 5.88. The van der Waals surface area contributed by atoms with Gasteiger partial charge in [0.15, 0.2) is 0 Å². The monoisotopic (exact) mass is 331 g/mol. The van der Waals surface area contributed by atoms with Crippen LogP contribution in [0.2, 0.25) is 0 Å². The van der Waals surface area contributed by atoms with E-state index in [1.807, 2.05) is 6.92 Å². The van der Waals surface area contributed by atoms with E-state index in [1.54, 1.807) is 22.5 Å². The summed E-state index contributed by atoms with van der Waals surface area (Å²) in [6.45, 7) is 5.68. The zero-order chi connectivity index (χ0) is 15.5. The van der Waals surface area contributed by atoms with E-state index in [2.05, 4.69) is 6.92 Å². The van der Waals surface area contributed by atoms with Gasteiger partial charge >= 0.3 is 0 Å². The van der Waals surface area contributed by atoms with Gasteiger partial charge in [-0.3, -0.25) is 0 Å². The second-order valence-electron chi connectivity index (χ2n) is 5.45. The topological polar surface area (TPSA) is 46.6 Å². The summed E-state index contributed by atoms with van der Waals surface area (Å²) in [6, 6.07) is 4.93. The van der Waals surface area contributed by atoms with E-state index in [0.717, 1.165) is 12.8 Å². The molecule has 0 saturated carbocycles. The molecule has 0 bridgehead atoms. The Morgan fingerprint density at radius 2 is 2.19 bits per heavy atom. The molecule has 1 fully saturated rings. The van der Waals surface area contributed by atoms with Gasteiger partial charge in [-0.1, -0.05) is 6.92 Å². The molecule has 0 N–H and O–H groups in total. The number of sulfonamides is 1. The Balaban J connectivity index is 2.31. The van der Waals surface area contributed by atoms with Crippen LogP contribution in [0.4, 0.5) is 0 Å². The number of halogens is 1. The highest BCUT2D eigenvalue weighted by atomic mass is 35.5. The number of rotatable bonds is 5. The third-order valence-electron chi connectivity index (χ3n) is 3.73. The Labute approximate surface area is 132 Å². The molecule has 4 nitrogen and oxygen atoms in total. The molecule has 1 saturated heterocycles. The van der Waals surface area contributed by atoms with Crippen molar-refractivity contribution in [3.8, 4) is 5.75 Å². The highest BCUT2D eigenvalue weighted by molar-refractivity contribution is 7.89. The summed E-state index contributed by atoms with van der Waals surface area (Å²) in [6.07, 6.45) is 2.00. The van der Waals surface area contributed by atoms with Crippen LogP contribution < -0.4 is 4.74 Å². The number of piperidine rings is 1. The number of ether oxygens (including phenoxy) is 1. The molecule has 21 heavy (non-hydrogen) atoms. The van der Waals surface area contributed by atoms with Crippen LogP contribution in [0.1, 0.15) is 32.3 Å². The number of nitrogens with zero attached hydrogens (tertiary/aromatic N) is 1. The molecule has 1 unspecified atom stereocenters. The molecule has 1 aliphatic rings. The first-order chi connectivity index (χ1) is 9.98. The van der Waals surface area contributed by atoms with Gasteiger partial charge < -0.3 is 4.74 Å². The number of alkyl halides is 1. The first-order valence-corrected chi connectivity index (χ1v) is 9.28. The summed E-state index contributed by atoms with van der Waals surface area (Å²) in [5, 5.41) is 0. The Hall–Kier alpha value is -0.780. The van der Waals surface area contributed by atoms with Crippen LogP contribution in [0.15, 0.2) is 23.1 Å². The van der Waals surface area contributed by atoms with Crippen LogP contribution in [0.25, 0.3) is 0 Å². The van der Waals surface area contributed by atoms with E-state index in [9.17, 15) is 8.42 Å². The van der Waals surface area contributed by atoms with Crippen LogP contribution in [0, 0.1) is 5.92 Å². The summed E-state index contributed by atoms with van der Waals surface area (Å²) < 4.78 is 32.5. The summed E-state index contributed by atoms with van der Waals surface area (Å²) in [4.78, 5) is 0.302. The Bertz CT molecular complexity index is 589. The van der Waals surface area contributed by atoms with E-state index in [4.69, 9.17) is 16.3 Å². The largest absolute Gasteiger partial charge is 0.494 e. The van der Waals surface area contributed by atoms with E-state index in [-0.39, 0.29) is 5.88 Å². The van der Waals surface area contributed by atoms with E-state index in [0.29, 0.717) is 41.8 Å². The molecule has 1 heterocycles. The van der Waals surface area contributed by atoms with Crippen LogP contribution in [-0.2, 0) is 15.9 Å². The first kappa shape index (κ1) is 16.6. The average molecular weight is 332 g/mol. The Morgan fingerprint density at radius 1 is 1.43 bits per heavy atom. The van der Waals surface area contributed by atoms with Crippen molar-refractivity contribution < 1.29 is 13.2 Å². The van der Waals surface area contributed by atoms with Crippen molar-refractivity contribution in [3.63, 3.8) is 0 Å². The Kier molecular flexibility index (Phi) is 5.52. The summed E-state index contributed by atoms with van der Waals surface area (Å²) in [7, 11) is -3.44. The molecule has 0 spiro atoms. The summed E-state index contributed by atoms with van der Waals surface area (Å²) >= 11 is 5.91. The van der Waals surface area contributed by atoms with Crippen molar-refractivity contribution in [1.29, 1.82) is 0 Å². The van der Waals surface area contributed by atoms with Crippen molar-refractivity contribution in [2.45, 2.75) is 37.5 Å². The van der Waals surface area contributed by atoms with Crippen molar-refractivity contribution in [3.05, 3.63) is 23.8 Å². The molecule has 1 aromatic carbocycles. The normalized spacial score (nSPS) is 20.4. The van der Waals surface area contributed by atoms with E-state index < -0.39 is 10.0 Å². The van der Waals surface area contributed by atoms with E-state index in [1.165, 1.54) is 0 Å². The van der Waals surface area contributed by atoms with Gasteiger partial charge in [0.2, 0.25) is 10.0 Å². The van der Waals surface area contributed by atoms with Gasteiger partial charge in [0.25, 0.3) is 0 Å². The molecule has 1 atom stereocenters. The standard InChI is InChI=1S/C15H22ClNO3S/c1-3-20-15-7-6-14(9-13(15)10-16)21(18,19)17-8-4-5-12(2)11-17/h6-7,9,12H,3-5,8,10-11H2,1-2H3. The molecule has 0 aromatic heterocycles. The Morgan fingerprint density at radius 3 is 2.81 bits per heavy atom. The van der Waals surface area contributed by atoms with E-state index >= 15 is 0 Å². The lowest BCUT2D eigenvalue weighted by molar-refractivity contribution is 0.281. The first-order valence-electron chi connectivity index (χ1n) is 7.31. The molecule has 0 amide bonds. The predicted molar refractivity (Wildman–Crippen MR) is 84.3 cm³/mol. The van der Waals surface area contributed by atoms with Crippen LogP contribution in [0.5, 0.6) is 5.75 Å². The van der Waals surface area contributed by atoms with Gasteiger partial charge in [0.05, 0.1) is 17.4 Å². The lowest BCUT2D eigenvalue weighted by Gasteiger charge is -2.30. The third kappa shape index (κ3) is 3.71. The second-order valence-corrected chi connectivity index (χ2v) is 7.65. The molecular weight excluding hydrogens is 310 g/mol.